The van der Waals surface area contributed by atoms with Crippen LogP contribution in [-0.2, 0) is 4.79 Å². The largest absolute Gasteiger partial charge is 0.481 e. The maximum Gasteiger partial charge on any atom is 0.310 e. The number of carboxylic acid groups (broad SMARTS) is 1. The van der Waals surface area contributed by atoms with E-state index < -0.39 is 5.97 Å². The van der Waals surface area contributed by atoms with Crippen LogP contribution in [0.1, 0.15) is 0 Å². The number of nitrogens with zero attached hydrogens (tertiary/aromatic N) is 2. The van der Waals surface area contributed by atoms with Crippen molar-refractivity contribution in [3.05, 3.63) is 24.4 Å². The van der Waals surface area contributed by atoms with Gasteiger partial charge >= 0.3 is 5.97 Å². The Kier molecular flexibility index (Phi) is 2.26. The second-order valence-corrected chi connectivity index (χ2v) is 5.00. The molecule has 1 saturated heterocycles. The highest BCUT2D eigenvalue weighted by Gasteiger charge is 2.34. The van der Waals surface area contributed by atoms with Gasteiger partial charge in [0.2, 0.25) is 6.79 Å². The molecular formula is C14H12N2O4. The third kappa shape index (κ3) is 1.57. The van der Waals surface area contributed by atoms with E-state index in [1.54, 1.807) is 6.20 Å². The van der Waals surface area contributed by atoms with Crippen molar-refractivity contribution in [3.8, 4) is 11.5 Å². The van der Waals surface area contributed by atoms with E-state index in [1.807, 2.05) is 23.1 Å². The number of hydrogen-bond acceptors (Lipinski definition) is 5. The topological polar surface area (TPSA) is 71.9 Å². The van der Waals surface area contributed by atoms with Crippen LogP contribution in [0.15, 0.2) is 24.4 Å². The second-order valence-electron chi connectivity index (χ2n) is 5.00. The van der Waals surface area contributed by atoms with Gasteiger partial charge in [0, 0.05) is 24.7 Å². The van der Waals surface area contributed by atoms with Crippen LogP contribution >= 0.6 is 0 Å². The fourth-order valence-electron chi connectivity index (χ4n) is 2.61. The summed E-state index contributed by atoms with van der Waals surface area (Å²) >= 11 is 0. The van der Waals surface area contributed by atoms with Gasteiger partial charge in [0.1, 0.15) is 5.82 Å². The number of anilines is 1. The average molecular weight is 272 g/mol. The molecule has 20 heavy (non-hydrogen) atoms. The zero-order valence-electron chi connectivity index (χ0n) is 10.6. The van der Waals surface area contributed by atoms with E-state index in [4.69, 9.17) is 14.6 Å². The smallest absolute Gasteiger partial charge is 0.310 e. The molecule has 0 atom stereocenters. The van der Waals surface area contributed by atoms with Gasteiger partial charge < -0.3 is 19.5 Å². The Morgan fingerprint density at radius 2 is 2.05 bits per heavy atom. The quantitative estimate of drug-likeness (QED) is 0.893. The minimum absolute atomic E-state index is 0.235. The molecule has 2 aliphatic rings. The maximum absolute atomic E-state index is 10.9. The van der Waals surface area contributed by atoms with Crippen molar-refractivity contribution in [3.63, 3.8) is 0 Å². The molecule has 1 aromatic heterocycles. The van der Waals surface area contributed by atoms with Crippen LogP contribution in [0.5, 0.6) is 11.5 Å². The van der Waals surface area contributed by atoms with Crippen LogP contribution in [-0.4, -0.2) is 35.9 Å². The maximum atomic E-state index is 10.9. The fraction of sp³-hybridized carbons (Fsp3) is 0.286. The molecule has 0 amide bonds. The van der Waals surface area contributed by atoms with Crippen molar-refractivity contribution >= 4 is 22.6 Å². The molecular weight excluding hydrogens is 260 g/mol. The minimum Gasteiger partial charge on any atom is -0.481 e. The summed E-state index contributed by atoms with van der Waals surface area (Å²) in [4.78, 5) is 17.3. The third-order valence-electron chi connectivity index (χ3n) is 3.77. The summed E-state index contributed by atoms with van der Waals surface area (Å²) < 4.78 is 10.8. The highest BCUT2D eigenvalue weighted by atomic mass is 16.7. The van der Waals surface area contributed by atoms with E-state index in [1.165, 1.54) is 0 Å². The van der Waals surface area contributed by atoms with Gasteiger partial charge in [-0.2, -0.15) is 0 Å². The molecule has 2 aliphatic heterocycles. The second kappa shape index (κ2) is 4.00. The molecule has 3 heterocycles. The summed E-state index contributed by atoms with van der Waals surface area (Å²) in [6, 6.07) is 5.75. The standard InChI is InChI=1S/C14H12N2O4/c17-14(18)9-5-16(6-9)13-10-4-12-11(19-7-20-12)3-8(10)1-2-15-13/h1-4,9H,5-7H2,(H,17,18). The van der Waals surface area contributed by atoms with Crippen molar-refractivity contribution in [2.24, 2.45) is 5.92 Å². The molecule has 102 valence electrons. The zero-order valence-corrected chi connectivity index (χ0v) is 10.6. The molecule has 6 nitrogen and oxygen atoms in total. The number of ether oxygens (including phenoxy) is 2. The number of rotatable bonds is 2. The van der Waals surface area contributed by atoms with Crippen LogP contribution in [0, 0.1) is 5.92 Å². The number of carbonyl (C=O) groups is 1. The summed E-state index contributed by atoms with van der Waals surface area (Å²) in [6.07, 6.45) is 1.73. The number of pyridine rings is 1. The van der Waals surface area contributed by atoms with Crippen LogP contribution in [0.4, 0.5) is 5.82 Å². The van der Waals surface area contributed by atoms with Crippen LogP contribution in [0.3, 0.4) is 0 Å². The number of aromatic nitrogens is 1. The lowest BCUT2D eigenvalue weighted by Crippen LogP contribution is -2.50. The number of benzene rings is 1. The van der Waals surface area contributed by atoms with E-state index >= 15 is 0 Å². The number of carboxylic acids is 1. The molecule has 1 fully saturated rings. The highest BCUT2D eigenvalue weighted by molar-refractivity contribution is 5.95. The van der Waals surface area contributed by atoms with Gasteiger partial charge in [-0.25, -0.2) is 4.98 Å². The van der Waals surface area contributed by atoms with Crippen molar-refractivity contribution in [2.75, 3.05) is 24.8 Å². The zero-order chi connectivity index (χ0) is 13.7. The van der Waals surface area contributed by atoms with Crippen molar-refractivity contribution in [1.29, 1.82) is 0 Å². The molecule has 0 spiro atoms. The Balaban J connectivity index is 1.75. The van der Waals surface area contributed by atoms with Gasteiger partial charge in [-0.05, 0) is 23.6 Å². The Labute approximate surface area is 114 Å². The fourth-order valence-corrected chi connectivity index (χ4v) is 2.61. The number of aliphatic carboxylic acids is 1. The predicted octanol–water partition coefficient (Wildman–Crippen LogP) is 1.48. The number of hydrogen-bond donors (Lipinski definition) is 1. The predicted molar refractivity (Wildman–Crippen MR) is 71.2 cm³/mol. The third-order valence-corrected chi connectivity index (χ3v) is 3.77. The molecule has 0 radical (unpaired) electrons. The van der Waals surface area contributed by atoms with Gasteiger partial charge in [0.15, 0.2) is 11.5 Å². The first-order valence-corrected chi connectivity index (χ1v) is 6.38. The van der Waals surface area contributed by atoms with Crippen LogP contribution < -0.4 is 14.4 Å². The lowest BCUT2D eigenvalue weighted by molar-refractivity contribution is -0.142. The molecule has 0 aliphatic carbocycles. The molecule has 0 bridgehead atoms. The van der Waals surface area contributed by atoms with Gasteiger partial charge in [-0.15, -0.1) is 0 Å². The van der Waals surface area contributed by atoms with Crippen molar-refractivity contribution < 1.29 is 19.4 Å². The molecule has 0 saturated carbocycles. The monoisotopic (exact) mass is 272 g/mol. The number of fused-ring (bicyclic) bond motifs is 2. The van der Waals surface area contributed by atoms with E-state index in [0.29, 0.717) is 18.8 Å². The van der Waals surface area contributed by atoms with E-state index in [9.17, 15) is 4.79 Å². The minimum atomic E-state index is -0.751. The Morgan fingerprint density at radius 3 is 2.80 bits per heavy atom. The van der Waals surface area contributed by atoms with Crippen molar-refractivity contribution in [1.82, 2.24) is 4.98 Å². The Hall–Kier alpha value is -2.50. The normalized spacial score (nSPS) is 17.3. The van der Waals surface area contributed by atoms with E-state index in [0.717, 1.165) is 22.3 Å². The first kappa shape index (κ1) is 11.3. The first-order valence-electron chi connectivity index (χ1n) is 6.38. The molecule has 1 aromatic carbocycles. The molecule has 4 rings (SSSR count). The van der Waals surface area contributed by atoms with Gasteiger partial charge in [-0.1, -0.05) is 0 Å². The van der Waals surface area contributed by atoms with Crippen molar-refractivity contribution in [2.45, 2.75) is 0 Å². The summed E-state index contributed by atoms with van der Waals surface area (Å²) in [5.74, 6) is 1.20. The van der Waals surface area contributed by atoms with Crippen LogP contribution in [0.25, 0.3) is 10.8 Å². The van der Waals surface area contributed by atoms with Crippen LogP contribution in [0.2, 0.25) is 0 Å². The first-order chi connectivity index (χ1) is 9.72. The summed E-state index contributed by atoms with van der Waals surface area (Å²) in [6.45, 7) is 1.23. The Morgan fingerprint density at radius 1 is 1.30 bits per heavy atom. The lowest BCUT2D eigenvalue weighted by atomic mass is 9.99. The SMILES string of the molecule is O=C(O)C1CN(c2nccc3cc4c(cc23)OCO4)C1. The summed E-state index contributed by atoms with van der Waals surface area (Å²) in [7, 11) is 0. The molecule has 6 heteroatoms. The van der Waals surface area contributed by atoms with E-state index in [2.05, 4.69) is 4.98 Å². The van der Waals surface area contributed by atoms with Gasteiger partial charge in [0.25, 0.3) is 0 Å². The summed E-state index contributed by atoms with van der Waals surface area (Å²) in [5, 5.41) is 10.9. The highest BCUT2D eigenvalue weighted by Crippen LogP contribution is 2.39. The van der Waals surface area contributed by atoms with Gasteiger partial charge in [-0.3, -0.25) is 4.79 Å². The van der Waals surface area contributed by atoms with E-state index in [-0.39, 0.29) is 12.7 Å². The molecule has 2 aromatic rings. The Bertz CT molecular complexity index is 710. The lowest BCUT2D eigenvalue weighted by Gasteiger charge is -2.38. The molecule has 1 N–H and O–H groups in total. The average Bonchev–Trinajstić information content (AvgIpc) is 2.81. The van der Waals surface area contributed by atoms with Gasteiger partial charge in [0.05, 0.1) is 5.92 Å². The summed E-state index contributed by atoms with van der Waals surface area (Å²) in [5.41, 5.74) is 0. The molecule has 0 unspecified atom stereocenters.